The fourth-order valence-electron chi connectivity index (χ4n) is 2.46. The number of Topliss-reactive ketones (excluding diaryl/α,β-unsaturated/α-hetero) is 1. The van der Waals surface area contributed by atoms with Crippen molar-refractivity contribution in [3.05, 3.63) is 64.7 Å². The maximum Gasteiger partial charge on any atom is 0.251 e. The summed E-state index contributed by atoms with van der Waals surface area (Å²) in [5.74, 6) is -3.29. The Balaban J connectivity index is 2.09. The standard InChI is InChI=1S/C20H21F2NO3/c1-20(2,3)23-19(26)13-6-4-5-12(7-13)8-15(24)9-14-10-16(21)17(22)11-18(14)25/h4-7,10-11,25H,8-9H2,1-3H3,(H,23,26). The minimum atomic E-state index is -1.17. The van der Waals surface area contributed by atoms with Crippen LogP contribution in [0.15, 0.2) is 36.4 Å². The van der Waals surface area contributed by atoms with E-state index in [0.717, 1.165) is 6.07 Å². The molecule has 2 N–H and O–H groups in total. The van der Waals surface area contributed by atoms with Gasteiger partial charge in [0.2, 0.25) is 0 Å². The number of carbonyl (C=O) groups excluding carboxylic acids is 2. The first-order chi connectivity index (χ1) is 12.0. The fourth-order valence-corrected chi connectivity index (χ4v) is 2.46. The number of nitrogens with one attached hydrogen (secondary N) is 1. The van der Waals surface area contributed by atoms with Crippen LogP contribution in [0.25, 0.3) is 0 Å². The summed E-state index contributed by atoms with van der Waals surface area (Å²) in [7, 11) is 0. The second kappa shape index (κ2) is 7.64. The molecule has 0 aliphatic heterocycles. The Morgan fingerprint density at radius 1 is 1.04 bits per heavy atom. The average molecular weight is 361 g/mol. The molecular formula is C20H21F2NO3. The largest absolute Gasteiger partial charge is 0.508 e. The summed E-state index contributed by atoms with van der Waals surface area (Å²) in [4.78, 5) is 24.4. The van der Waals surface area contributed by atoms with Gasteiger partial charge in [0.15, 0.2) is 11.6 Å². The Bertz CT molecular complexity index is 841. The van der Waals surface area contributed by atoms with Gasteiger partial charge in [-0.15, -0.1) is 0 Å². The van der Waals surface area contributed by atoms with Gasteiger partial charge in [0.25, 0.3) is 5.91 Å². The highest BCUT2D eigenvalue weighted by Crippen LogP contribution is 2.22. The molecule has 0 aliphatic rings. The molecular weight excluding hydrogens is 340 g/mol. The minimum absolute atomic E-state index is 0.00900. The van der Waals surface area contributed by atoms with Crippen LogP contribution < -0.4 is 5.32 Å². The van der Waals surface area contributed by atoms with Crippen molar-refractivity contribution in [3.63, 3.8) is 0 Å². The summed E-state index contributed by atoms with van der Waals surface area (Å²) in [6.45, 7) is 5.60. The first-order valence-electron chi connectivity index (χ1n) is 8.15. The monoisotopic (exact) mass is 361 g/mol. The number of aromatic hydroxyl groups is 1. The summed E-state index contributed by atoms with van der Waals surface area (Å²) in [5, 5.41) is 12.5. The van der Waals surface area contributed by atoms with E-state index in [9.17, 15) is 23.5 Å². The summed E-state index contributed by atoms with van der Waals surface area (Å²) >= 11 is 0. The van der Waals surface area contributed by atoms with Gasteiger partial charge in [-0.25, -0.2) is 8.78 Å². The van der Waals surface area contributed by atoms with Crippen LogP contribution in [0.3, 0.4) is 0 Å². The molecule has 0 atom stereocenters. The second-order valence-electron chi connectivity index (χ2n) is 7.19. The lowest BCUT2D eigenvalue weighted by Gasteiger charge is -2.20. The summed E-state index contributed by atoms with van der Waals surface area (Å²) in [6, 6.07) is 8.11. The van der Waals surface area contributed by atoms with Gasteiger partial charge in [-0.1, -0.05) is 12.1 Å². The van der Waals surface area contributed by atoms with Crippen LogP contribution in [0, 0.1) is 11.6 Å². The first kappa shape index (κ1) is 19.6. The zero-order valence-corrected chi connectivity index (χ0v) is 14.9. The lowest BCUT2D eigenvalue weighted by atomic mass is 10.00. The van der Waals surface area contributed by atoms with E-state index in [1.807, 2.05) is 20.8 Å². The van der Waals surface area contributed by atoms with E-state index in [2.05, 4.69) is 5.32 Å². The van der Waals surface area contributed by atoms with E-state index in [4.69, 9.17) is 0 Å². The third-order valence-electron chi connectivity index (χ3n) is 3.59. The molecule has 0 spiro atoms. The van der Waals surface area contributed by atoms with Crippen LogP contribution in [0.4, 0.5) is 8.78 Å². The van der Waals surface area contributed by atoms with Crippen molar-refractivity contribution in [2.75, 3.05) is 0 Å². The van der Waals surface area contributed by atoms with E-state index < -0.39 is 17.4 Å². The van der Waals surface area contributed by atoms with Crippen LogP contribution in [-0.2, 0) is 17.6 Å². The molecule has 0 fully saturated rings. The average Bonchev–Trinajstić information content (AvgIpc) is 2.51. The smallest absolute Gasteiger partial charge is 0.251 e. The van der Waals surface area contributed by atoms with Gasteiger partial charge in [-0.05, 0) is 44.5 Å². The van der Waals surface area contributed by atoms with Gasteiger partial charge in [-0.3, -0.25) is 9.59 Å². The number of phenols is 1. The zero-order chi connectivity index (χ0) is 19.5. The molecule has 0 saturated carbocycles. The fraction of sp³-hybridized carbons (Fsp3) is 0.300. The van der Waals surface area contributed by atoms with Crippen molar-refractivity contribution in [1.82, 2.24) is 5.32 Å². The van der Waals surface area contributed by atoms with Crippen molar-refractivity contribution in [1.29, 1.82) is 0 Å². The molecule has 6 heteroatoms. The SMILES string of the molecule is CC(C)(C)NC(=O)c1cccc(CC(=O)Cc2cc(F)c(F)cc2O)c1. The van der Waals surface area contributed by atoms with Crippen LogP contribution in [0.1, 0.15) is 42.3 Å². The zero-order valence-electron chi connectivity index (χ0n) is 14.9. The summed E-state index contributed by atoms with van der Waals surface area (Å²) < 4.78 is 26.3. The molecule has 2 aromatic carbocycles. The Labute approximate surface area is 150 Å². The van der Waals surface area contributed by atoms with Gasteiger partial charge >= 0.3 is 0 Å². The number of ketones is 1. The van der Waals surface area contributed by atoms with Crippen molar-refractivity contribution in [2.24, 2.45) is 0 Å². The van der Waals surface area contributed by atoms with E-state index in [-0.39, 0.29) is 35.6 Å². The van der Waals surface area contributed by atoms with Gasteiger partial charge in [0.1, 0.15) is 11.5 Å². The van der Waals surface area contributed by atoms with E-state index in [1.165, 1.54) is 0 Å². The molecule has 0 bridgehead atoms. The molecule has 0 radical (unpaired) electrons. The van der Waals surface area contributed by atoms with Crippen LogP contribution in [0.5, 0.6) is 5.75 Å². The van der Waals surface area contributed by atoms with E-state index in [0.29, 0.717) is 17.2 Å². The van der Waals surface area contributed by atoms with Gasteiger partial charge in [-0.2, -0.15) is 0 Å². The van der Waals surface area contributed by atoms with Gasteiger partial charge in [0.05, 0.1) is 0 Å². The molecule has 138 valence electrons. The van der Waals surface area contributed by atoms with Crippen molar-refractivity contribution in [2.45, 2.75) is 39.2 Å². The van der Waals surface area contributed by atoms with Crippen molar-refractivity contribution >= 4 is 11.7 Å². The molecule has 0 aliphatic carbocycles. The molecule has 0 unspecified atom stereocenters. The Kier molecular flexibility index (Phi) is 5.75. The lowest BCUT2D eigenvalue weighted by Crippen LogP contribution is -2.40. The lowest BCUT2D eigenvalue weighted by molar-refractivity contribution is -0.117. The third kappa shape index (κ3) is 5.37. The van der Waals surface area contributed by atoms with Crippen molar-refractivity contribution in [3.8, 4) is 5.75 Å². The number of rotatable bonds is 5. The molecule has 1 amide bonds. The molecule has 26 heavy (non-hydrogen) atoms. The maximum absolute atomic E-state index is 13.3. The quantitative estimate of drug-likeness (QED) is 0.856. The number of phenolic OH excluding ortho intramolecular Hbond substituents is 1. The molecule has 2 rings (SSSR count). The number of hydrogen-bond acceptors (Lipinski definition) is 3. The second-order valence-corrected chi connectivity index (χ2v) is 7.19. The molecule has 4 nitrogen and oxygen atoms in total. The predicted molar refractivity (Wildman–Crippen MR) is 94.1 cm³/mol. The molecule has 0 heterocycles. The van der Waals surface area contributed by atoms with Crippen LogP contribution >= 0.6 is 0 Å². The van der Waals surface area contributed by atoms with Gasteiger partial charge < -0.3 is 10.4 Å². The summed E-state index contributed by atoms with van der Waals surface area (Å²) in [5.41, 5.74) is 0.697. The number of carbonyl (C=O) groups is 2. The van der Waals surface area contributed by atoms with E-state index in [1.54, 1.807) is 24.3 Å². The molecule has 0 saturated heterocycles. The Morgan fingerprint density at radius 2 is 1.69 bits per heavy atom. The minimum Gasteiger partial charge on any atom is -0.508 e. The maximum atomic E-state index is 13.3. The number of benzene rings is 2. The summed E-state index contributed by atoms with van der Waals surface area (Å²) in [6.07, 6.45) is -0.226. The number of hydrogen-bond donors (Lipinski definition) is 2. The normalized spacial score (nSPS) is 11.3. The van der Waals surface area contributed by atoms with Crippen molar-refractivity contribution < 1.29 is 23.5 Å². The Morgan fingerprint density at radius 3 is 2.35 bits per heavy atom. The van der Waals surface area contributed by atoms with Crippen LogP contribution in [0.2, 0.25) is 0 Å². The topological polar surface area (TPSA) is 66.4 Å². The van der Waals surface area contributed by atoms with Gasteiger partial charge in [0, 0.05) is 35.6 Å². The highest BCUT2D eigenvalue weighted by Gasteiger charge is 2.17. The first-order valence-corrected chi connectivity index (χ1v) is 8.15. The highest BCUT2D eigenvalue weighted by atomic mass is 19.2. The van der Waals surface area contributed by atoms with Crippen LogP contribution in [-0.4, -0.2) is 22.3 Å². The Hall–Kier alpha value is -2.76. The number of halogens is 2. The van der Waals surface area contributed by atoms with E-state index >= 15 is 0 Å². The third-order valence-corrected chi connectivity index (χ3v) is 3.59. The molecule has 2 aromatic rings. The predicted octanol–water partition coefficient (Wildman–Crippen LogP) is 3.55. The highest BCUT2D eigenvalue weighted by molar-refractivity contribution is 5.95. The molecule has 0 aromatic heterocycles. The number of amides is 1.